The minimum absolute atomic E-state index is 0.00323. The molecule has 0 aromatic heterocycles. The van der Waals surface area contributed by atoms with E-state index >= 15 is 0 Å². The third kappa shape index (κ3) is 4.80. The predicted molar refractivity (Wildman–Crippen MR) is 50.7 cm³/mol. The maximum Gasteiger partial charge on any atom is 0.401 e. The van der Waals surface area contributed by atoms with Gasteiger partial charge in [-0.1, -0.05) is 0 Å². The van der Waals surface area contributed by atoms with E-state index in [1.165, 1.54) is 0 Å². The van der Waals surface area contributed by atoms with Crippen LogP contribution in [0.2, 0.25) is 0 Å². The summed E-state index contributed by atoms with van der Waals surface area (Å²) in [5.74, 6) is -0.482. The van der Waals surface area contributed by atoms with Gasteiger partial charge in [-0.2, -0.15) is 13.2 Å². The number of hydrogen-bond donors (Lipinski definition) is 3. The number of amides is 1. The molecule has 94 valence electrons. The number of hydrogen-bond acceptors (Lipinski definition) is 3. The molecule has 7 heteroatoms. The van der Waals surface area contributed by atoms with Crippen LogP contribution in [0.25, 0.3) is 0 Å². The van der Waals surface area contributed by atoms with E-state index < -0.39 is 18.6 Å². The highest BCUT2D eigenvalue weighted by Gasteiger charge is 2.42. The second-order valence-corrected chi connectivity index (χ2v) is 4.15. The van der Waals surface area contributed by atoms with Gasteiger partial charge in [0.1, 0.15) is 0 Å². The first-order valence-electron chi connectivity index (χ1n) is 5.02. The molecular formula is C9H15F3N2O2. The van der Waals surface area contributed by atoms with Crippen LogP contribution in [-0.2, 0) is 4.79 Å². The summed E-state index contributed by atoms with van der Waals surface area (Å²) in [4.78, 5) is 11.1. The van der Waals surface area contributed by atoms with E-state index in [0.717, 1.165) is 12.8 Å². The summed E-state index contributed by atoms with van der Waals surface area (Å²) in [6, 6.07) is 0. The van der Waals surface area contributed by atoms with E-state index in [9.17, 15) is 18.0 Å². The topological polar surface area (TPSA) is 61.4 Å². The van der Waals surface area contributed by atoms with E-state index in [2.05, 4.69) is 5.32 Å². The molecule has 0 saturated heterocycles. The van der Waals surface area contributed by atoms with E-state index in [0.29, 0.717) is 6.54 Å². The summed E-state index contributed by atoms with van der Waals surface area (Å²) in [6.45, 7) is -1.20. The Morgan fingerprint density at radius 3 is 2.44 bits per heavy atom. The summed E-state index contributed by atoms with van der Waals surface area (Å²) in [5, 5.41) is 13.4. The van der Waals surface area contributed by atoms with Gasteiger partial charge >= 0.3 is 6.18 Å². The van der Waals surface area contributed by atoms with E-state index in [1.54, 1.807) is 0 Å². The molecule has 1 aliphatic rings. The first kappa shape index (κ1) is 13.2. The molecule has 1 aliphatic carbocycles. The highest BCUT2D eigenvalue weighted by Crippen LogP contribution is 2.44. The van der Waals surface area contributed by atoms with Gasteiger partial charge in [0, 0.05) is 12.0 Å². The van der Waals surface area contributed by atoms with Crippen molar-refractivity contribution in [2.75, 3.05) is 26.2 Å². The molecule has 3 N–H and O–H groups in total. The van der Waals surface area contributed by atoms with Crippen LogP contribution in [0.1, 0.15) is 12.8 Å². The molecule has 0 aromatic rings. The largest absolute Gasteiger partial charge is 0.401 e. The van der Waals surface area contributed by atoms with Gasteiger partial charge in [-0.25, -0.2) is 0 Å². The highest BCUT2D eigenvalue weighted by molar-refractivity contribution is 5.78. The molecule has 0 spiro atoms. The van der Waals surface area contributed by atoms with Gasteiger partial charge in [-0.05, 0) is 12.8 Å². The van der Waals surface area contributed by atoms with Crippen molar-refractivity contribution >= 4 is 5.91 Å². The third-order valence-corrected chi connectivity index (χ3v) is 2.56. The van der Waals surface area contributed by atoms with Crippen molar-refractivity contribution in [1.82, 2.24) is 10.6 Å². The van der Waals surface area contributed by atoms with Crippen molar-refractivity contribution in [1.29, 1.82) is 0 Å². The summed E-state index contributed by atoms with van der Waals surface area (Å²) < 4.78 is 35.2. The molecule has 1 saturated carbocycles. The van der Waals surface area contributed by atoms with Crippen LogP contribution >= 0.6 is 0 Å². The number of rotatable bonds is 6. The minimum atomic E-state index is -4.30. The van der Waals surface area contributed by atoms with Crippen molar-refractivity contribution < 1.29 is 23.1 Å². The van der Waals surface area contributed by atoms with Crippen molar-refractivity contribution in [2.45, 2.75) is 19.0 Å². The number of halogens is 3. The summed E-state index contributed by atoms with van der Waals surface area (Å²) >= 11 is 0. The standard InChI is InChI=1S/C9H15F3N2O2/c10-9(11,12)5-13-3-7(16)14-4-8(6-15)1-2-8/h13,15H,1-6H2,(H,14,16). The van der Waals surface area contributed by atoms with Gasteiger partial charge in [-0.15, -0.1) is 0 Å². The molecule has 4 nitrogen and oxygen atoms in total. The Bertz CT molecular complexity index is 252. The van der Waals surface area contributed by atoms with Crippen molar-refractivity contribution in [3.8, 4) is 0 Å². The van der Waals surface area contributed by atoms with Gasteiger partial charge in [0.2, 0.25) is 5.91 Å². The molecule has 1 rings (SSSR count). The van der Waals surface area contributed by atoms with Crippen LogP contribution in [0.15, 0.2) is 0 Å². The van der Waals surface area contributed by atoms with Crippen LogP contribution in [-0.4, -0.2) is 43.4 Å². The maximum atomic E-state index is 11.7. The van der Waals surface area contributed by atoms with Crippen LogP contribution in [0, 0.1) is 5.41 Å². The lowest BCUT2D eigenvalue weighted by molar-refractivity contribution is -0.128. The van der Waals surface area contributed by atoms with Gasteiger partial charge in [0.05, 0.1) is 19.7 Å². The number of carbonyl (C=O) groups excluding carboxylic acids is 1. The van der Waals surface area contributed by atoms with Crippen LogP contribution in [0.3, 0.4) is 0 Å². The van der Waals surface area contributed by atoms with Gasteiger partial charge in [0.15, 0.2) is 0 Å². The van der Waals surface area contributed by atoms with E-state index in [4.69, 9.17) is 5.11 Å². The summed E-state index contributed by atoms with van der Waals surface area (Å²) in [5.41, 5.74) is -0.223. The first-order valence-corrected chi connectivity index (χ1v) is 5.02. The van der Waals surface area contributed by atoms with Crippen LogP contribution < -0.4 is 10.6 Å². The number of aliphatic hydroxyl groups is 1. The van der Waals surface area contributed by atoms with E-state index in [-0.39, 0.29) is 18.6 Å². The zero-order valence-corrected chi connectivity index (χ0v) is 8.73. The molecule has 0 bridgehead atoms. The van der Waals surface area contributed by atoms with Crippen molar-refractivity contribution in [3.05, 3.63) is 0 Å². The molecule has 0 heterocycles. The van der Waals surface area contributed by atoms with Gasteiger partial charge < -0.3 is 15.7 Å². The molecule has 0 atom stereocenters. The molecule has 0 aromatic carbocycles. The second kappa shape index (κ2) is 5.01. The van der Waals surface area contributed by atoms with Crippen LogP contribution in [0.4, 0.5) is 13.2 Å². The minimum Gasteiger partial charge on any atom is -0.396 e. The Labute approximate surface area is 91.2 Å². The average molecular weight is 240 g/mol. The lowest BCUT2D eigenvalue weighted by Crippen LogP contribution is -2.40. The van der Waals surface area contributed by atoms with Crippen LogP contribution in [0.5, 0.6) is 0 Å². The van der Waals surface area contributed by atoms with Gasteiger partial charge in [0.25, 0.3) is 0 Å². The molecule has 0 radical (unpaired) electrons. The normalized spacial score (nSPS) is 18.2. The summed E-state index contributed by atoms with van der Waals surface area (Å²) in [7, 11) is 0. The maximum absolute atomic E-state index is 11.7. The lowest BCUT2D eigenvalue weighted by atomic mass is 10.1. The smallest absolute Gasteiger partial charge is 0.396 e. The SMILES string of the molecule is O=C(CNCC(F)(F)F)NCC1(CO)CC1. The molecule has 0 aliphatic heterocycles. The number of nitrogens with one attached hydrogen (secondary N) is 2. The predicted octanol–water partition coefficient (Wildman–Crippen LogP) is 0.0270. The molecular weight excluding hydrogens is 225 g/mol. The first-order chi connectivity index (χ1) is 7.37. The summed E-state index contributed by atoms with van der Waals surface area (Å²) in [6.07, 6.45) is -2.61. The highest BCUT2D eigenvalue weighted by atomic mass is 19.4. The average Bonchev–Trinajstić information content (AvgIpc) is 2.93. The fourth-order valence-electron chi connectivity index (χ4n) is 1.23. The number of aliphatic hydroxyl groups excluding tert-OH is 1. The fraction of sp³-hybridized carbons (Fsp3) is 0.889. The molecule has 16 heavy (non-hydrogen) atoms. The zero-order valence-electron chi connectivity index (χ0n) is 8.73. The number of carbonyl (C=O) groups is 1. The quantitative estimate of drug-likeness (QED) is 0.613. The molecule has 1 fully saturated rings. The Kier molecular flexibility index (Phi) is 4.15. The van der Waals surface area contributed by atoms with Gasteiger partial charge in [-0.3, -0.25) is 4.79 Å². The Balaban J connectivity index is 2.08. The Morgan fingerprint density at radius 1 is 1.38 bits per heavy atom. The molecule has 0 unspecified atom stereocenters. The third-order valence-electron chi connectivity index (χ3n) is 2.56. The Morgan fingerprint density at radius 2 is 2.00 bits per heavy atom. The monoisotopic (exact) mass is 240 g/mol. The van der Waals surface area contributed by atoms with Crippen molar-refractivity contribution in [2.24, 2.45) is 5.41 Å². The second-order valence-electron chi connectivity index (χ2n) is 4.15. The molecule has 1 amide bonds. The lowest BCUT2D eigenvalue weighted by Gasteiger charge is -2.13. The van der Waals surface area contributed by atoms with E-state index in [1.807, 2.05) is 5.32 Å². The zero-order chi connectivity index (χ0) is 12.2. The Hall–Kier alpha value is -0.820. The number of alkyl halides is 3. The fourth-order valence-corrected chi connectivity index (χ4v) is 1.23. The van der Waals surface area contributed by atoms with Crippen molar-refractivity contribution in [3.63, 3.8) is 0 Å².